The third-order valence-electron chi connectivity index (χ3n) is 3.61. The zero-order chi connectivity index (χ0) is 19.1. The monoisotopic (exact) mass is 378 g/mol. The van der Waals surface area contributed by atoms with Crippen LogP contribution in [0, 0.1) is 11.3 Å². The fourth-order valence-electron chi connectivity index (χ4n) is 2.29. The number of halogens is 1. The minimum absolute atomic E-state index is 0.216. The van der Waals surface area contributed by atoms with E-state index in [0.29, 0.717) is 35.3 Å². The van der Waals surface area contributed by atoms with Gasteiger partial charge in [0.1, 0.15) is 13.2 Å². The highest BCUT2D eigenvalue weighted by molar-refractivity contribution is 6.32. The predicted molar refractivity (Wildman–Crippen MR) is 94.9 cm³/mol. The van der Waals surface area contributed by atoms with Crippen molar-refractivity contribution in [1.82, 2.24) is 4.90 Å². The first-order chi connectivity index (χ1) is 12.4. The van der Waals surface area contributed by atoms with Crippen LogP contribution in [0.15, 0.2) is 18.2 Å². The first kappa shape index (κ1) is 19.6. The molecule has 26 heavy (non-hydrogen) atoms. The molecule has 0 saturated heterocycles. The molecule has 2 rings (SSSR count). The number of likely N-dealkylation sites (N-methyl/N-ethyl adjacent to an activating group) is 1. The smallest absolute Gasteiger partial charge is 0.331 e. The van der Waals surface area contributed by atoms with Crippen LogP contribution in [-0.4, -0.2) is 49.7 Å². The summed E-state index contributed by atoms with van der Waals surface area (Å²) in [6.45, 7) is 2.63. The Morgan fingerprint density at radius 2 is 2.15 bits per heavy atom. The molecule has 1 aromatic carbocycles. The van der Waals surface area contributed by atoms with E-state index in [-0.39, 0.29) is 18.9 Å². The van der Waals surface area contributed by atoms with Gasteiger partial charge in [0.2, 0.25) is 0 Å². The summed E-state index contributed by atoms with van der Waals surface area (Å²) in [4.78, 5) is 25.3. The summed E-state index contributed by atoms with van der Waals surface area (Å²) in [5.41, 5.74) is 0.640. The van der Waals surface area contributed by atoms with E-state index in [4.69, 9.17) is 31.1 Å². The molecule has 1 heterocycles. The second-order valence-electron chi connectivity index (χ2n) is 5.61. The van der Waals surface area contributed by atoms with E-state index in [2.05, 4.69) is 0 Å². The van der Waals surface area contributed by atoms with Crippen molar-refractivity contribution in [2.75, 3.05) is 26.8 Å². The number of carbonyl (C=O) groups excluding carboxylic acids is 2. The van der Waals surface area contributed by atoms with Crippen molar-refractivity contribution in [3.63, 3.8) is 0 Å². The molecule has 1 aliphatic rings. The van der Waals surface area contributed by atoms with Gasteiger partial charge in [-0.1, -0.05) is 11.6 Å². The molecule has 8 heteroatoms. The highest BCUT2D eigenvalue weighted by atomic mass is 35.5. The number of fused-ring (bicyclic) bond motifs is 1. The molecule has 1 amide bonds. The van der Waals surface area contributed by atoms with Gasteiger partial charge in [-0.05, 0) is 30.7 Å². The van der Waals surface area contributed by atoms with E-state index in [0.717, 1.165) is 0 Å². The fraction of sp³-hybridized carbons (Fsp3) is 0.389. The largest absolute Gasteiger partial charge is 0.486 e. The van der Waals surface area contributed by atoms with Gasteiger partial charge in [0.25, 0.3) is 5.91 Å². The van der Waals surface area contributed by atoms with Crippen molar-refractivity contribution in [1.29, 1.82) is 5.26 Å². The predicted octanol–water partition coefficient (Wildman–Crippen LogP) is 2.43. The standard InChI is InChI=1S/C18H19ClN2O5/c1-12(18(23)21(2)7-3-6-20)26-16(22)5-4-13-10-14(19)17-15(11-13)24-8-9-25-17/h4-5,10-12H,3,7-9H2,1-2H3/b5-4+/t12-/m1/s1. The Morgan fingerprint density at radius 3 is 2.88 bits per heavy atom. The molecule has 0 unspecified atom stereocenters. The number of hydrogen-bond donors (Lipinski definition) is 0. The number of ether oxygens (including phenoxy) is 3. The lowest BCUT2D eigenvalue weighted by molar-refractivity contribution is -0.154. The highest BCUT2D eigenvalue weighted by Crippen LogP contribution is 2.38. The Bertz CT molecular complexity index is 757. The van der Waals surface area contributed by atoms with Crippen molar-refractivity contribution in [2.45, 2.75) is 19.4 Å². The summed E-state index contributed by atoms with van der Waals surface area (Å²) in [5, 5.41) is 8.93. The van der Waals surface area contributed by atoms with Crippen LogP contribution in [0.1, 0.15) is 18.9 Å². The Morgan fingerprint density at radius 1 is 1.42 bits per heavy atom. The molecule has 0 fully saturated rings. The van der Waals surface area contributed by atoms with E-state index in [1.807, 2.05) is 6.07 Å². The maximum atomic E-state index is 12.0. The summed E-state index contributed by atoms with van der Waals surface area (Å²) >= 11 is 6.14. The fourth-order valence-corrected chi connectivity index (χ4v) is 2.57. The van der Waals surface area contributed by atoms with Gasteiger partial charge in [-0.25, -0.2) is 4.79 Å². The van der Waals surface area contributed by atoms with Crippen LogP contribution in [0.25, 0.3) is 6.08 Å². The van der Waals surface area contributed by atoms with E-state index >= 15 is 0 Å². The van der Waals surface area contributed by atoms with Crippen LogP contribution in [-0.2, 0) is 14.3 Å². The number of benzene rings is 1. The minimum atomic E-state index is -0.945. The lowest BCUT2D eigenvalue weighted by Crippen LogP contribution is -2.37. The second-order valence-corrected chi connectivity index (χ2v) is 6.01. The van der Waals surface area contributed by atoms with Crippen LogP contribution in [0.3, 0.4) is 0 Å². The highest BCUT2D eigenvalue weighted by Gasteiger charge is 2.20. The van der Waals surface area contributed by atoms with Gasteiger partial charge >= 0.3 is 5.97 Å². The first-order valence-electron chi connectivity index (χ1n) is 8.02. The normalized spacial score (nSPS) is 13.8. The lowest BCUT2D eigenvalue weighted by Gasteiger charge is -2.20. The van der Waals surface area contributed by atoms with Crippen molar-refractivity contribution in [3.8, 4) is 17.6 Å². The zero-order valence-corrected chi connectivity index (χ0v) is 15.3. The number of esters is 1. The summed E-state index contributed by atoms with van der Waals surface area (Å²) < 4.78 is 16.0. The zero-order valence-electron chi connectivity index (χ0n) is 14.5. The quantitative estimate of drug-likeness (QED) is 0.558. The molecule has 0 aliphatic carbocycles. The third kappa shape index (κ3) is 5.14. The molecule has 0 spiro atoms. The molecule has 0 saturated carbocycles. The van der Waals surface area contributed by atoms with Gasteiger partial charge < -0.3 is 19.1 Å². The van der Waals surface area contributed by atoms with Gasteiger partial charge in [-0.15, -0.1) is 0 Å². The number of nitrogens with zero attached hydrogens (tertiary/aromatic N) is 2. The minimum Gasteiger partial charge on any atom is -0.486 e. The second kappa shape index (κ2) is 9.11. The SMILES string of the molecule is C[C@@H](OC(=O)/C=C/c1cc(Cl)c2c(c1)OCCO2)C(=O)N(C)CCC#N. The first-order valence-corrected chi connectivity index (χ1v) is 8.40. The lowest BCUT2D eigenvalue weighted by atomic mass is 10.2. The number of amides is 1. The van der Waals surface area contributed by atoms with Crippen molar-refractivity contribution in [2.24, 2.45) is 0 Å². The average Bonchev–Trinajstić information content (AvgIpc) is 2.63. The number of nitriles is 1. The maximum absolute atomic E-state index is 12.0. The number of hydrogen-bond acceptors (Lipinski definition) is 6. The van der Waals surface area contributed by atoms with Crippen LogP contribution in [0.4, 0.5) is 0 Å². The van der Waals surface area contributed by atoms with E-state index in [1.165, 1.54) is 24.0 Å². The van der Waals surface area contributed by atoms with Gasteiger partial charge in [-0.2, -0.15) is 5.26 Å². The Balaban J connectivity index is 1.96. The molecule has 1 aromatic rings. The number of carbonyl (C=O) groups is 2. The van der Waals surface area contributed by atoms with E-state index in [1.54, 1.807) is 19.2 Å². The topological polar surface area (TPSA) is 88.9 Å². The van der Waals surface area contributed by atoms with Crippen molar-refractivity contribution >= 4 is 29.6 Å². The molecule has 1 atom stereocenters. The molecule has 7 nitrogen and oxygen atoms in total. The molecule has 1 aliphatic heterocycles. The van der Waals surface area contributed by atoms with Crippen molar-refractivity contribution < 1.29 is 23.8 Å². The Labute approximate surface area is 156 Å². The van der Waals surface area contributed by atoms with Gasteiger partial charge in [-0.3, -0.25) is 4.79 Å². The molecule has 0 radical (unpaired) electrons. The molecule has 0 bridgehead atoms. The summed E-state index contributed by atoms with van der Waals surface area (Å²) in [6, 6.07) is 5.30. The van der Waals surface area contributed by atoms with E-state index < -0.39 is 12.1 Å². The maximum Gasteiger partial charge on any atom is 0.331 e. The summed E-state index contributed by atoms with van der Waals surface area (Å²) in [5.74, 6) is -0.0355. The Kier molecular flexibility index (Phi) is 6.87. The third-order valence-corrected chi connectivity index (χ3v) is 3.89. The van der Waals surface area contributed by atoms with Crippen LogP contribution < -0.4 is 9.47 Å². The van der Waals surface area contributed by atoms with Gasteiger partial charge in [0, 0.05) is 19.7 Å². The van der Waals surface area contributed by atoms with Gasteiger partial charge in [0.05, 0.1) is 17.5 Å². The molecular weight excluding hydrogens is 360 g/mol. The summed E-state index contributed by atoms with van der Waals surface area (Å²) in [7, 11) is 1.55. The average molecular weight is 379 g/mol. The van der Waals surface area contributed by atoms with Crippen LogP contribution in [0.5, 0.6) is 11.5 Å². The van der Waals surface area contributed by atoms with Crippen LogP contribution >= 0.6 is 11.6 Å². The van der Waals surface area contributed by atoms with Gasteiger partial charge in [0.15, 0.2) is 17.6 Å². The number of rotatable bonds is 6. The van der Waals surface area contributed by atoms with E-state index in [9.17, 15) is 9.59 Å². The summed E-state index contributed by atoms with van der Waals surface area (Å²) in [6.07, 6.45) is 2.00. The molecule has 138 valence electrons. The molecule has 0 aromatic heterocycles. The molecular formula is C18H19ClN2O5. The van der Waals surface area contributed by atoms with Crippen LogP contribution in [0.2, 0.25) is 5.02 Å². The van der Waals surface area contributed by atoms with Crippen molar-refractivity contribution in [3.05, 3.63) is 28.8 Å². The Hall–Kier alpha value is -2.72. The molecule has 0 N–H and O–H groups in total.